The van der Waals surface area contributed by atoms with E-state index in [1.54, 1.807) is 6.07 Å². The number of halogens is 3. The first-order chi connectivity index (χ1) is 9.05. The minimum Gasteiger partial charge on any atom is -0.370 e. The predicted molar refractivity (Wildman–Crippen MR) is 65.9 cm³/mol. The highest BCUT2D eigenvalue weighted by atomic mass is 19.4. The zero-order chi connectivity index (χ0) is 13.5. The van der Waals surface area contributed by atoms with Gasteiger partial charge in [0.25, 0.3) is 0 Å². The standard InChI is InChI=1S/C13H12F3N3/c14-13(15,16)11-6-7-17-12-8-10(18-19(11)12)9-4-2-1-3-5-9/h1-5,8,11,17H,6-7H2. The number of nitrogens with one attached hydrogen (secondary N) is 1. The van der Waals surface area contributed by atoms with Crippen molar-refractivity contribution in [3.8, 4) is 11.3 Å². The molecule has 0 radical (unpaired) electrons. The van der Waals surface area contributed by atoms with Crippen molar-refractivity contribution in [2.45, 2.75) is 18.6 Å². The maximum absolute atomic E-state index is 12.9. The van der Waals surface area contributed by atoms with Crippen LogP contribution in [-0.4, -0.2) is 22.5 Å². The Morgan fingerprint density at radius 3 is 2.63 bits per heavy atom. The zero-order valence-electron chi connectivity index (χ0n) is 9.98. The summed E-state index contributed by atoms with van der Waals surface area (Å²) < 4.78 is 39.9. The van der Waals surface area contributed by atoms with Gasteiger partial charge in [0.05, 0.1) is 5.69 Å². The molecule has 0 saturated carbocycles. The lowest BCUT2D eigenvalue weighted by Gasteiger charge is -2.27. The maximum atomic E-state index is 12.9. The Balaban J connectivity index is 2.03. The fourth-order valence-corrected chi connectivity index (χ4v) is 2.28. The van der Waals surface area contributed by atoms with Gasteiger partial charge in [-0.25, -0.2) is 4.68 Å². The van der Waals surface area contributed by atoms with Gasteiger partial charge in [-0.15, -0.1) is 0 Å². The number of hydrogen-bond acceptors (Lipinski definition) is 2. The number of benzene rings is 1. The third-order valence-electron chi connectivity index (χ3n) is 3.20. The van der Waals surface area contributed by atoms with Crippen LogP contribution in [0.15, 0.2) is 36.4 Å². The second-order valence-corrected chi connectivity index (χ2v) is 4.50. The monoisotopic (exact) mass is 267 g/mol. The van der Waals surface area contributed by atoms with Crippen molar-refractivity contribution in [2.24, 2.45) is 0 Å². The fourth-order valence-electron chi connectivity index (χ4n) is 2.28. The lowest BCUT2D eigenvalue weighted by molar-refractivity contribution is -0.171. The molecule has 1 N–H and O–H groups in total. The Labute approximate surface area is 108 Å². The molecule has 0 bridgehead atoms. The van der Waals surface area contributed by atoms with E-state index in [1.165, 1.54) is 0 Å². The number of aromatic nitrogens is 2. The van der Waals surface area contributed by atoms with Gasteiger partial charge in [0.1, 0.15) is 5.82 Å². The highest BCUT2D eigenvalue weighted by Gasteiger charge is 2.43. The Hall–Kier alpha value is -1.98. The molecule has 2 heterocycles. The van der Waals surface area contributed by atoms with E-state index in [4.69, 9.17) is 0 Å². The molecule has 0 aliphatic carbocycles. The van der Waals surface area contributed by atoms with Crippen molar-refractivity contribution >= 4 is 5.82 Å². The molecule has 100 valence electrons. The van der Waals surface area contributed by atoms with Gasteiger partial charge >= 0.3 is 6.18 Å². The second-order valence-electron chi connectivity index (χ2n) is 4.50. The van der Waals surface area contributed by atoms with Gasteiger partial charge in [0.15, 0.2) is 6.04 Å². The van der Waals surface area contributed by atoms with Crippen LogP contribution in [0.25, 0.3) is 11.3 Å². The summed E-state index contributed by atoms with van der Waals surface area (Å²) in [6.07, 6.45) is -4.26. The molecule has 0 fully saturated rings. The molecular weight excluding hydrogens is 255 g/mol. The van der Waals surface area contributed by atoms with Gasteiger partial charge in [0, 0.05) is 18.2 Å². The van der Waals surface area contributed by atoms with Crippen LogP contribution in [-0.2, 0) is 0 Å². The summed E-state index contributed by atoms with van der Waals surface area (Å²) in [6.45, 7) is 0.310. The highest BCUT2D eigenvalue weighted by molar-refractivity contribution is 5.63. The van der Waals surface area contributed by atoms with Crippen LogP contribution in [0.2, 0.25) is 0 Å². The van der Waals surface area contributed by atoms with Crippen molar-refractivity contribution in [3.63, 3.8) is 0 Å². The van der Waals surface area contributed by atoms with Crippen molar-refractivity contribution in [3.05, 3.63) is 36.4 Å². The van der Waals surface area contributed by atoms with Gasteiger partial charge in [0.2, 0.25) is 0 Å². The topological polar surface area (TPSA) is 29.9 Å². The summed E-state index contributed by atoms with van der Waals surface area (Å²) in [6, 6.07) is 9.31. The summed E-state index contributed by atoms with van der Waals surface area (Å²) >= 11 is 0. The average Bonchev–Trinajstić information content (AvgIpc) is 2.82. The molecule has 3 nitrogen and oxygen atoms in total. The van der Waals surface area contributed by atoms with Gasteiger partial charge in [-0.05, 0) is 6.42 Å². The molecule has 0 saturated heterocycles. The third kappa shape index (κ3) is 2.18. The zero-order valence-corrected chi connectivity index (χ0v) is 9.98. The first-order valence-corrected chi connectivity index (χ1v) is 6.01. The lowest BCUT2D eigenvalue weighted by atomic mass is 10.1. The first kappa shape index (κ1) is 12.1. The van der Waals surface area contributed by atoms with Gasteiger partial charge < -0.3 is 5.32 Å². The molecule has 2 aromatic rings. The first-order valence-electron chi connectivity index (χ1n) is 6.01. The molecule has 1 aromatic carbocycles. The molecular formula is C13H12F3N3. The van der Waals surface area contributed by atoms with Crippen molar-refractivity contribution < 1.29 is 13.2 Å². The van der Waals surface area contributed by atoms with Gasteiger partial charge in [-0.2, -0.15) is 18.3 Å². The summed E-state index contributed by atoms with van der Waals surface area (Å²) in [5.41, 5.74) is 1.37. The largest absolute Gasteiger partial charge is 0.410 e. The van der Waals surface area contributed by atoms with Crippen molar-refractivity contribution in [1.29, 1.82) is 0 Å². The van der Waals surface area contributed by atoms with E-state index in [-0.39, 0.29) is 6.42 Å². The fraction of sp³-hybridized carbons (Fsp3) is 0.308. The number of rotatable bonds is 1. The van der Waals surface area contributed by atoms with E-state index < -0.39 is 12.2 Å². The van der Waals surface area contributed by atoms with Crippen LogP contribution in [0.1, 0.15) is 12.5 Å². The van der Waals surface area contributed by atoms with Crippen LogP contribution in [0.4, 0.5) is 19.0 Å². The van der Waals surface area contributed by atoms with E-state index in [1.807, 2.05) is 30.3 Å². The molecule has 1 atom stereocenters. The molecule has 6 heteroatoms. The Bertz CT molecular complexity index is 575. The predicted octanol–water partition coefficient (Wildman–Crippen LogP) is 3.47. The maximum Gasteiger partial charge on any atom is 0.410 e. The van der Waals surface area contributed by atoms with E-state index in [0.717, 1.165) is 10.2 Å². The highest BCUT2D eigenvalue weighted by Crippen LogP contribution is 2.38. The molecule has 1 unspecified atom stereocenters. The van der Waals surface area contributed by atoms with Crippen LogP contribution in [0, 0.1) is 0 Å². The van der Waals surface area contributed by atoms with Gasteiger partial charge in [-0.1, -0.05) is 30.3 Å². The van der Waals surface area contributed by atoms with E-state index in [2.05, 4.69) is 10.4 Å². The number of anilines is 1. The minimum absolute atomic E-state index is 0.00636. The van der Waals surface area contributed by atoms with Crippen LogP contribution >= 0.6 is 0 Å². The number of nitrogens with zero attached hydrogens (tertiary/aromatic N) is 2. The average molecular weight is 267 g/mol. The van der Waals surface area contributed by atoms with E-state index >= 15 is 0 Å². The summed E-state index contributed by atoms with van der Waals surface area (Å²) in [7, 11) is 0. The Kier molecular flexibility index (Phi) is 2.73. The summed E-state index contributed by atoms with van der Waals surface area (Å²) in [4.78, 5) is 0. The molecule has 1 aliphatic heterocycles. The third-order valence-corrected chi connectivity index (χ3v) is 3.20. The van der Waals surface area contributed by atoms with Crippen LogP contribution < -0.4 is 5.32 Å². The number of fused-ring (bicyclic) bond motifs is 1. The Morgan fingerprint density at radius 1 is 1.21 bits per heavy atom. The minimum atomic E-state index is -4.27. The molecule has 1 aromatic heterocycles. The smallest absolute Gasteiger partial charge is 0.370 e. The molecule has 0 amide bonds. The molecule has 1 aliphatic rings. The number of hydrogen-bond donors (Lipinski definition) is 1. The SMILES string of the molecule is FC(F)(F)C1CCNc2cc(-c3ccccc3)nn21. The van der Waals surface area contributed by atoms with Crippen LogP contribution in [0.5, 0.6) is 0 Å². The van der Waals surface area contributed by atoms with E-state index in [9.17, 15) is 13.2 Å². The quantitative estimate of drug-likeness (QED) is 0.857. The number of alkyl halides is 3. The van der Waals surface area contributed by atoms with Crippen LogP contribution in [0.3, 0.4) is 0 Å². The van der Waals surface area contributed by atoms with E-state index in [0.29, 0.717) is 18.1 Å². The molecule has 0 spiro atoms. The van der Waals surface area contributed by atoms with Crippen molar-refractivity contribution in [1.82, 2.24) is 9.78 Å². The second kappa shape index (κ2) is 4.29. The lowest BCUT2D eigenvalue weighted by Crippen LogP contribution is -2.33. The molecule has 3 rings (SSSR count). The Morgan fingerprint density at radius 2 is 1.95 bits per heavy atom. The summed E-state index contributed by atoms with van der Waals surface area (Å²) in [5.74, 6) is 0.424. The summed E-state index contributed by atoms with van der Waals surface area (Å²) in [5, 5.41) is 7.06. The van der Waals surface area contributed by atoms with Crippen molar-refractivity contribution in [2.75, 3.05) is 11.9 Å². The molecule has 19 heavy (non-hydrogen) atoms. The van der Waals surface area contributed by atoms with Gasteiger partial charge in [-0.3, -0.25) is 0 Å². The normalized spacial score (nSPS) is 18.8.